The zero-order valence-corrected chi connectivity index (χ0v) is 19.2. The highest BCUT2D eigenvalue weighted by Gasteiger charge is 2.35. The minimum atomic E-state index is -0.712. The molecule has 0 saturated heterocycles. The van der Waals surface area contributed by atoms with E-state index in [0.717, 1.165) is 16.7 Å². The summed E-state index contributed by atoms with van der Waals surface area (Å²) in [4.78, 5) is 13.4. The first-order valence-electron chi connectivity index (χ1n) is 10.5. The fourth-order valence-electron chi connectivity index (χ4n) is 3.80. The topological polar surface area (TPSA) is 96.2 Å². The van der Waals surface area contributed by atoms with Crippen LogP contribution in [0.4, 0.5) is 0 Å². The predicted molar refractivity (Wildman–Crippen MR) is 123 cm³/mol. The summed E-state index contributed by atoms with van der Waals surface area (Å²) in [6.45, 7) is 7.83. The summed E-state index contributed by atoms with van der Waals surface area (Å²) in [6, 6.07) is 4.71. The first-order valence-corrected chi connectivity index (χ1v) is 10.5. The lowest BCUT2D eigenvalue weighted by Crippen LogP contribution is -2.26. The molecule has 0 aromatic heterocycles. The van der Waals surface area contributed by atoms with Gasteiger partial charge in [-0.05, 0) is 52.2 Å². The van der Waals surface area contributed by atoms with Crippen molar-refractivity contribution in [3.63, 3.8) is 0 Å². The molecule has 2 aromatic rings. The molecular weight excluding hydrogens is 408 g/mol. The van der Waals surface area contributed by atoms with Crippen molar-refractivity contribution in [3.05, 3.63) is 63.8 Å². The number of rotatable bonds is 6. The Kier molecular flexibility index (Phi) is 6.82. The van der Waals surface area contributed by atoms with E-state index in [0.29, 0.717) is 24.2 Å². The number of benzene rings is 2. The molecular formula is C26H30O6. The second-order valence-corrected chi connectivity index (χ2v) is 8.53. The molecule has 1 heterocycles. The van der Waals surface area contributed by atoms with Crippen LogP contribution in [0.1, 0.15) is 60.7 Å². The molecule has 1 atom stereocenters. The van der Waals surface area contributed by atoms with E-state index in [1.807, 2.05) is 45.9 Å². The number of phenolic OH excluding ortho intramolecular Hbond substituents is 3. The zero-order chi connectivity index (χ0) is 23.6. The number of hydrogen-bond acceptors (Lipinski definition) is 6. The maximum absolute atomic E-state index is 13.4. The van der Waals surface area contributed by atoms with Gasteiger partial charge in [-0.2, -0.15) is 0 Å². The van der Waals surface area contributed by atoms with E-state index in [1.54, 1.807) is 0 Å². The molecule has 0 unspecified atom stereocenters. The van der Waals surface area contributed by atoms with E-state index >= 15 is 0 Å². The minimum Gasteiger partial charge on any atom is -0.507 e. The van der Waals surface area contributed by atoms with Crippen LogP contribution >= 0.6 is 0 Å². The van der Waals surface area contributed by atoms with Crippen molar-refractivity contribution in [3.8, 4) is 28.7 Å². The van der Waals surface area contributed by atoms with Gasteiger partial charge in [0.2, 0.25) is 0 Å². The SMILES string of the molecule is COc1c(O)cc([C@H]2COc3cc(O)c(CC=C(C)C)c(O)c3C2=O)cc1CC=C(C)C. The summed E-state index contributed by atoms with van der Waals surface area (Å²) in [5.41, 5.74) is 3.81. The third-order valence-electron chi connectivity index (χ3n) is 5.53. The zero-order valence-electron chi connectivity index (χ0n) is 19.2. The predicted octanol–water partition coefficient (Wildman–Crippen LogP) is 5.19. The number of hydrogen-bond donors (Lipinski definition) is 3. The van der Waals surface area contributed by atoms with Gasteiger partial charge in [-0.3, -0.25) is 4.79 Å². The van der Waals surface area contributed by atoms with Crippen molar-refractivity contribution in [2.75, 3.05) is 13.7 Å². The Balaban J connectivity index is 2.05. The van der Waals surface area contributed by atoms with Crippen molar-refractivity contribution in [2.24, 2.45) is 0 Å². The Bertz CT molecular complexity index is 1100. The summed E-state index contributed by atoms with van der Waals surface area (Å²) in [5, 5.41) is 31.7. The monoisotopic (exact) mass is 438 g/mol. The highest BCUT2D eigenvalue weighted by atomic mass is 16.5. The van der Waals surface area contributed by atoms with Gasteiger partial charge >= 0.3 is 0 Å². The number of aromatic hydroxyl groups is 3. The maximum atomic E-state index is 13.4. The maximum Gasteiger partial charge on any atom is 0.181 e. The van der Waals surface area contributed by atoms with E-state index in [4.69, 9.17) is 9.47 Å². The van der Waals surface area contributed by atoms with Gasteiger partial charge in [0.1, 0.15) is 29.4 Å². The molecule has 1 aliphatic rings. The van der Waals surface area contributed by atoms with Crippen molar-refractivity contribution in [1.29, 1.82) is 0 Å². The van der Waals surface area contributed by atoms with Gasteiger partial charge in [0.05, 0.1) is 13.0 Å². The first kappa shape index (κ1) is 23.3. The second-order valence-electron chi connectivity index (χ2n) is 8.53. The van der Waals surface area contributed by atoms with Crippen LogP contribution in [0.5, 0.6) is 28.7 Å². The van der Waals surface area contributed by atoms with Crippen molar-refractivity contribution in [1.82, 2.24) is 0 Å². The molecule has 3 N–H and O–H groups in total. The first-order chi connectivity index (χ1) is 15.1. The molecule has 6 nitrogen and oxygen atoms in total. The second kappa shape index (κ2) is 9.39. The fourth-order valence-corrected chi connectivity index (χ4v) is 3.80. The number of fused-ring (bicyclic) bond motifs is 1. The highest BCUT2D eigenvalue weighted by Crippen LogP contribution is 2.45. The fraction of sp³-hybridized carbons (Fsp3) is 0.346. The van der Waals surface area contributed by atoms with E-state index in [9.17, 15) is 20.1 Å². The summed E-state index contributed by atoms with van der Waals surface area (Å²) in [6.07, 6.45) is 4.71. The number of carbonyl (C=O) groups excluding carboxylic acids is 1. The Morgan fingerprint density at radius 3 is 2.31 bits per heavy atom. The summed E-state index contributed by atoms with van der Waals surface area (Å²) < 4.78 is 11.1. The minimum absolute atomic E-state index is 0.0336. The Labute approximate surface area is 188 Å². The van der Waals surface area contributed by atoms with E-state index in [2.05, 4.69) is 0 Å². The lowest BCUT2D eigenvalue weighted by atomic mass is 9.86. The molecule has 6 heteroatoms. The highest BCUT2D eigenvalue weighted by molar-refractivity contribution is 6.07. The average Bonchev–Trinajstić information content (AvgIpc) is 2.71. The van der Waals surface area contributed by atoms with Gasteiger partial charge in [0, 0.05) is 17.2 Å². The van der Waals surface area contributed by atoms with Crippen LogP contribution in [0.25, 0.3) is 0 Å². The van der Waals surface area contributed by atoms with Crippen molar-refractivity contribution < 1.29 is 29.6 Å². The van der Waals surface area contributed by atoms with Gasteiger partial charge in [0.25, 0.3) is 0 Å². The van der Waals surface area contributed by atoms with Gasteiger partial charge in [-0.25, -0.2) is 0 Å². The molecule has 0 spiro atoms. The van der Waals surface area contributed by atoms with E-state index in [-0.39, 0.29) is 46.5 Å². The van der Waals surface area contributed by atoms with Crippen LogP contribution in [0.2, 0.25) is 0 Å². The van der Waals surface area contributed by atoms with Gasteiger partial charge < -0.3 is 24.8 Å². The van der Waals surface area contributed by atoms with Crippen LogP contribution < -0.4 is 9.47 Å². The Morgan fingerprint density at radius 2 is 1.69 bits per heavy atom. The molecule has 0 fully saturated rings. The lowest BCUT2D eigenvalue weighted by Gasteiger charge is -2.27. The molecule has 0 bridgehead atoms. The molecule has 2 aromatic carbocycles. The number of ketones is 1. The molecule has 1 aliphatic heterocycles. The van der Waals surface area contributed by atoms with E-state index in [1.165, 1.54) is 19.2 Å². The molecule has 0 radical (unpaired) electrons. The number of ether oxygens (including phenoxy) is 2. The summed E-state index contributed by atoms with van der Waals surface area (Å²) in [7, 11) is 1.49. The van der Waals surface area contributed by atoms with Gasteiger partial charge in [-0.15, -0.1) is 0 Å². The molecule has 170 valence electrons. The number of allylic oxidation sites excluding steroid dienone is 4. The normalized spacial score (nSPS) is 14.9. The number of Topliss-reactive ketones (excluding diaryl/α,β-unsaturated/α-hetero) is 1. The number of methoxy groups -OCH3 is 1. The molecule has 3 rings (SSSR count). The van der Waals surface area contributed by atoms with Crippen LogP contribution in [-0.2, 0) is 12.8 Å². The van der Waals surface area contributed by atoms with Crippen LogP contribution in [-0.4, -0.2) is 34.8 Å². The molecule has 32 heavy (non-hydrogen) atoms. The average molecular weight is 439 g/mol. The van der Waals surface area contributed by atoms with Crippen LogP contribution in [0, 0.1) is 0 Å². The van der Waals surface area contributed by atoms with Gasteiger partial charge in [-0.1, -0.05) is 29.4 Å². The Hall–Kier alpha value is -3.41. The number of phenols is 3. The standard InChI is InChI=1S/C26H30O6/c1-14(2)6-8-16-10-17(11-21(28)26(16)31-5)19-13-32-22-12-20(27)18(9-7-15(3)4)24(29)23(22)25(19)30/h6-7,10-12,19,27-29H,8-9,13H2,1-5H3/t19-/m1/s1. The number of carbonyl (C=O) groups is 1. The van der Waals surface area contributed by atoms with Gasteiger partial charge in [0.15, 0.2) is 17.3 Å². The molecule has 0 aliphatic carbocycles. The lowest BCUT2D eigenvalue weighted by molar-refractivity contribution is 0.0891. The molecule has 0 saturated carbocycles. The third kappa shape index (κ3) is 4.59. The Morgan fingerprint density at radius 1 is 1.03 bits per heavy atom. The summed E-state index contributed by atoms with van der Waals surface area (Å²) in [5.74, 6) is -0.945. The largest absolute Gasteiger partial charge is 0.507 e. The quantitative estimate of drug-likeness (QED) is 0.537. The van der Waals surface area contributed by atoms with Crippen molar-refractivity contribution in [2.45, 2.75) is 46.5 Å². The van der Waals surface area contributed by atoms with Crippen LogP contribution in [0.3, 0.4) is 0 Å². The van der Waals surface area contributed by atoms with Crippen LogP contribution in [0.15, 0.2) is 41.5 Å². The smallest absolute Gasteiger partial charge is 0.181 e. The molecule has 0 amide bonds. The van der Waals surface area contributed by atoms with E-state index < -0.39 is 5.92 Å². The summed E-state index contributed by atoms with van der Waals surface area (Å²) >= 11 is 0. The van der Waals surface area contributed by atoms with Crippen molar-refractivity contribution >= 4 is 5.78 Å². The third-order valence-corrected chi connectivity index (χ3v) is 5.53.